The molecule has 3 aromatic rings. The maximum atomic E-state index is 11.5. The summed E-state index contributed by atoms with van der Waals surface area (Å²) in [6.07, 6.45) is 2.92. The molecule has 7 heteroatoms. The van der Waals surface area contributed by atoms with Crippen LogP contribution in [-0.2, 0) is 12.1 Å². The van der Waals surface area contributed by atoms with E-state index in [-0.39, 0.29) is 6.54 Å². The number of benzene rings is 2. The van der Waals surface area contributed by atoms with E-state index in [0.29, 0.717) is 26.2 Å². The smallest absolute Gasteiger partial charge is 0.137 e. The van der Waals surface area contributed by atoms with Crippen LogP contribution in [0.25, 0.3) is 0 Å². The summed E-state index contributed by atoms with van der Waals surface area (Å²) >= 11 is 18.6. The van der Waals surface area contributed by atoms with E-state index in [1.165, 1.54) is 17.3 Å². The summed E-state index contributed by atoms with van der Waals surface area (Å²) < 4.78 is 1.52. The molecular formula is C16H12Cl3N3O. The van der Waals surface area contributed by atoms with Crippen molar-refractivity contribution in [3.63, 3.8) is 0 Å². The van der Waals surface area contributed by atoms with Crippen LogP contribution in [0.5, 0.6) is 0 Å². The first kappa shape index (κ1) is 16.3. The van der Waals surface area contributed by atoms with Crippen molar-refractivity contribution in [1.82, 2.24) is 14.8 Å². The Bertz CT molecular complexity index is 823. The van der Waals surface area contributed by atoms with Crippen LogP contribution < -0.4 is 0 Å². The largest absolute Gasteiger partial charge is 0.378 e. The molecule has 1 aromatic heterocycles. The first-order valence-electron chi connectivity index (χ1n) is 6.76. The monoisotopic (exact) mass is 367 g/mol. The second-order valence-corrected chi connectivity index (χ2v) is 6.31. The lowest BCUT2D eigenvalue weighted by molar-refractivity contribution is 0.0574. The summed E-state index contributed by atoms with van der Waals surface area (Å²) in [5, 5.41) is 16.8. The molecular weight excluding hydrogens is 357 g/mol. The first-order chi connectivity index (χ1) is 11.0. The van der Waals surface area contributed by atoms with E-state index in [1.807, 2.05) is 0 Å². The average Bonchev–Trinajstić information content (AvgIpc) is 3.00. The van der Waals surface area contributed by atoms with Crippen LogP contribution in [-0.4, -0.2) is 19.9 Å². The van der Waals surface area contributed by atoms with Gasteiger partial charge in [0.2, 0.25) is 0 Å². The molecule has 0 spiro atoms. The number of hydrogen-bond acceptors (Lipinski definition) is 3. The Hall–Kier alpha value is -1.59. The summed E-state index contributed by atoms with van der Waals surface area (Å²) in [4.78, 5) is 3.91. The lowest BCUT2D eigenvalue weighted by Gasteiger charge is -2.30. The fourth-order valence-corrected chi connectivity index (χ4v) is 3.34. The molecule has 1 N–H and O–H groups in total. The van der Waals surface area contributed by atoms with Gasteiger partial charge in [-0.25, -0.2) is 9.67 Å². The molecule has 0 fully saturated rings. The summed E-state index contributed by atoms with van der Waals surface area (Å²) in [5.74, 6) is 0. The standard InChI is InChI=1S/C16H12Cl3N3O/c17-11-5-6-13(15(19)7-11)16(23,8-22-10-20-9-21-22)12-3-1-2-4-14(12)18/h1-7,9-10,23H,8H2. The minimum Gasteiger partial charge on any atom is -0.378 e. The van der Waals surface area contributed by atoms with Crippen LogP contribution in [0.1, 0.15) is 11.1 Å². The van der Waals surface area contributed by atoms with E-state index in [0.717, 1.165) is 0 Å². The van der Waals surface area contributed by atoms with Crippen molar-refractivity contribution in [1.29, 1.82) is 0 Å². The van der Waals surface area contributed by atoms with Crippen molar-refractivity contribution in [2.24, 2.45) is 0 Å². The molecule has 0 aliphatic heterocycles. The summed E-state index contributed by atoms with van der Waals surface area (Å²) in [5.41, 5.74) is -0.457. The second-order valence-electron chi connectivity index (χ2n) is 5.06. The van der Waals surface area contributed by atoms with E-state index in [1.54, 1.807) is 42.5 Å². The van der Waals surface area contributed by atoms with Gasteiger partial charge in [0.15, 0.2) is 0 Å². The molecule has 1 atom stereocenters. The van der Waals surface area contributed by atoms with Gasteiger partial charge in [-0.15, -0.1) is 0 Å². The van der Waals surface area contributed by atoms with Crippen molar-refractivity contribution >= 4 is 34.8 Å². The summed E-state index contributed by atoms with van der Waals surface area (Å²) in [7, 11) is 0. The van der Waals surface area contributed by atoms with E-state index in [4.69, 9.17) is 34.8 Å². The molecule has 0 saturated carbocycles. The highest BCUT2D eigenvalue weighted by atomic mass is 35.5. The minimum atomic E-state index is -1.48. The lowest BCUT2D eigenvalue weighted by atomic mass is 9.86. The molecule has 118 valence electrons. The van der Waals surface area contributed by atoms with Gasteiger partial charge >= 0.3 is 0 Å². The van der Waals surface area contributed by atoms with Gasteiger partial charge in [-0.3, -0.25) is 0 Å². The van der Waals surface area contributed by atoms with Gasteiger partial charge in [-0.05, 0) is 18.2 Å². The number of nitrogens with zero attached hydrogens (tertiary/aromatic N) is 3. The van der Waals surface area contributed by atoms with E-state index < -0.39 is 5.60 Å². The number of rotatable bonds is 4. The predicted octanol–water partition coefficient (Wildman–Crippen LogP) is 4.17. The number of hydrogen-bond donors (Lipinski definition) is 1. The zero-order valence-corrected chi connectivity index (χ0v) is 14.1. The van der Waals surface area contributed by atoms with Gasteiger partial charge in [-0.2, -0.15) is 5.10 Å². The Morgan fingerprint density at radius 1 is 1.00 bits per heavy atom. The Kier molecular flexibility index (Phi) is 4.60. The van der Waals surface area contributed by atoms with Gasteiger partial charge < -0.3 is 5.11 Å². The van der Waals surface area contributed by atoms with Gasteiger partial charge in [0.05, 0.1) is 6.54 Å². The van der Waals surface area contributed by atoms with Crippen molar-refractivity contribution in [3.05, 3.63) is 81.3 Å². The minimum absolute atomic E-state index is 0.109. The molecule has 0 aliphatic carbocycles. The molecule has 2 aromatic carbocycles. The predicted molar refractivity (Wildman–Crippen MR) is 90.9 cm³/mol. The second kappa shape index (κ2) is 6.49. The third kappa shape index (κ3) is 3.21. The number of aromatic nitrogens is 3. The molecule has 0 aliphatic rings. The van der Waals surface area contributed by atoms with E-state index >= 15 is 0 Å². The number of aliphatic hydroxyl groups is 1. The summed E-state index contributed by atoms with van der Waals surface area (Å²) in [6.45, 7) is 0.109. The highest BCUT2D eigenvalue weighted by molar-refractivity contribution is 6.35. The fraction of sp³-hybridized carbons (Fsp3) is 0.125. The third-order valence-electron chi connectivity index (χ3n) is 3.55. The quantitative estimate of drug-likeness (QED) is 0.752. The Morgan fingerprint density at radius 3 is 2.39 bits per heavy atom. The summed E-state index contributed by atoms with van der Waals surface area (Å²) in [6, 6.07) is 12.0. The molecule has 3 rings (SSSR count). The Labute approximate surface area is 148 Å². The Balaban J connectivity index is 2.19. The van der Waals surface area contributed by atoms with E-state index in [9.17, 15) is 5.11 Å². The molecule has 1 heterocycles. The van der Waals surface area contributed by atoms with Crippen molar-refractivity contribution < 1.29 is 5.11 Å². The molecule has 1 unspecified atom stereocenters. The highest BCUT2D eigenvalue weighted by Gasteiger charge is 2.36. The zero-order chi connectivity index (χ0) is 16.4. The van der Waals surface area contributed by atoms with Crippen LogP contribution in [0.4, 0.5) is 0 Å². The van der Waals surface area contributed by atoms with Gasteiger partial charge in [0.1, 0.15) is 18.3 Å². The molecule has 0 amide bonds. The van der Waals surface area contributed by atoms with Gasteiger partial charge in [0.25, 0.3) is 0 Å². The van der Waals surface area contributed by atoms with Crippen LogP contribution in [0.2, 0.25) is 15.1 Å². The van der Waals surface area contributed by atoms with Crippen LogP contribution in [0.15, 0.2) is 55.1 Å². The van der Waals surface area contributed by atoms with Gasteiger partial charge in [-0.1, -0.05) is 59.1 Å². The van der Waals surface area contributed by atoms with Crippen molar-refractivity contribution in [2.75, 3.05) is 0 Å². The number of halogens is 3. The zero-order valence-electron chi connectivity index (χ0n) is 11.8. The fourth-order valence-electron chi connectivity index (χ4n) is 2.49. The SMILES string of the molecule is OC(Cn1cncn1)(c1ccccc1Cl)c1ccc(Cl)cc1Cl. The lowest BCUT2D eigenvalue weighted by Crippen LogP contribution is -2.33. The van der Waals surface area contributed by atoms with Crippen LogP contribution in [0.3, 0.4) is 0 Å². The normalized spacial score (nSPS) is 13.7. The van der Waals surface area contributed by atoms with Crippen LogP contribution in [0, 0.1) is 0 Å². The molecule has 23 heavy (non-hydrogen) atoms. The van der Waals surface area contributed by atoms with E-state index in [2.05, 4.69) is 10.1 Å². The molecule has 0 bridgehead atoms. The maximum absolute atomic E-state index is 11.5. The first-order valence-corrected chi connectivity index (χ1v) is 7.89. The topological polar surface area (TPSA) is 50.9 Å². The van der Waals surface area contributed by atoms with Crippen molar-refractivity contribution in [2.45, 2.75) is 12.1 Å². The Morgan fingerprint density at radius 2 is 1.74 bits per heavy atom. The molecule has 0 saturated heterocycles. The van der Waals surface area contributed by atoms with Gasteiger partial charge in [0, 0.05) is 26.2 Å². The molecule has 0 radical (unpaired) electrons. The highest BCUT2D eigenvalue weighted by Crippen LogP contribution is 2.39. The maximum Gasteiger partial charge on any atom is 0.137 e. The van der Waals surface area contributed by atoms with Crippen molar-refractivity contribution in [3.8, 4) is 0 Å². The average molecular weight is 369 g/mol. The molecule has 4 nitrogen and oxygen atoms in total. The third-order valence-corrected chi connectivity index (χ3v) is 4.43. The van der Waals surface area contributed by atoms with Crippen LogP contribution >= 0.6 is 34.8 Å².